The van der Waals surface area contributed by atoms with Crippen molar-refractivity contribution >= 4 is 27.5 Å². The van der Waals surface area contributed by atoms with Crippen molar-refractivity contribution in [2.75, 3.05) is 19.6 Å². The van der Waals surface area contributed by atoms with E-state index in [2.05, 4.69) is 0 Å². The fourth-order valence-corrected chi connectivity index (χ4v) is 4.73. The molecule has 0 aromatic heterocycles. The zero-order valence-corrected chi connectivity index (χ0v) is 16.8. The molecular formula is C20H23ClN2O3S. The first-order chi connectivity index (χ1) is 12.9. The summed E-state index contributed by atoms with van der Waals surface area (Å²) in [5.41, 5.74) is 1.72. The number of benzene rings is 2. The number of amides is 1. The number of rotatable bonds is 6. The van der Waals surface area contributed by atoms with Crippen LogP contribution in [-0.4, -0.2) is 43.2 Å². The minimum Gasteiger partial charge on any atom is -0.342 e. The molecule has 0 atom stereocenters. The Hall–Kier alpha value is -1.89. The molecule has 3 rings (SSSR count). The molecule has 27 heavy (non-hydrogen) atoms. The average Bonchev–Trinajstić information content (AvgIpc) is 3.16. The number of likely N-dealkylation sites (tertiary alicyclic amines) is 1. The highest BCUT2D eigenvalue weighted by Crippen LogP contribution is 2.21. The molecule has 1 fully saturated rings. The molecule has 7 heteroatoms. The fourth-order valence-electron chi connectivity index (χ4n) is 3.14. The first-order valence-electron chi connectivity index (χ1n) is 8.95. The van der Waals surface area contributed by atoms with Crippen LogP contribution in [0.2, 0.25) is 5.02 Å². The largest absolute Gasteiger partial charge is 0.342 e. The van der Waals surface area contributed by atoms with E-state index < -0.39 is 10.0 Å². The van der Waals surface area contributed by atoms with E-state index in [4.69, 9.17) is 11.6 Å². The van der Waals surface area contributed by atoms with Crippen LogP contribution in [0.15, 0.2) is 53.4 Å². The first kappa shape index (κ1) is 19.9. The van der Waals surface area contributed by atoms with E-state index in [0.717, 1.165) is 24.0 Å². The molecular weight excluding hydrogens is 384 g/mol. The number of hydrogen-bond acceptors (Lipinski definition) is 3. The van der Waals surface area contributed by atoms with E-state index in [0.29, 0.717) is 18.1 Å². The Morgan fingerprint density at radius 3 is 2.41 bits per heavy atom. The van der Waals surface area contributed by atoms with Crippen molar-refractivity contribution < 1.29 is 13.2 Å². The van der Waals surface area contributed by atoms with E-state index in [1.807, 2.05) is 13.0 Å². The number of nitrogens with zero attached hydrogens (tertiary/aromatic N) is 2. The van der Waals surface area contributed by atoms with Crippen LogP contribution in [0.25, 0.3) is 0 Å². The zero-order chi connectivity index (χ0) is 19.4. The van der Waals surface area contributed by atoms with E-state index in [1.165, 1.54) is 4.31 Å². The van der Waals surface area contributed by atoms with Gasteiger partial charge in [-0.25, -0.2) is 8.42 Å². The maximum atomic E-state index is 13.2. The maximum absolute atomic E-state index is 13.2. The average molecular weight is 407 g/mol. The molecule has 1 amide bonds. The van der Waals surface area contributed by atoms with Gasteiger partial charge >= 0.3 is 0 Å². The van der Waals surface area contributed by atoms with Crippen LogP contribution in [0.5, 0.6) is 0 Å². The van der Waals surface area contributed by atoms with Crippen LogP contribution in [0, 0.1) is 6.92 Å². The molecule has 1 heterocycles. The third-order valence-corrected chi connectivity index (χ3v) is 6.72. The lowest BCUT2D eigenvalue weighted by molar-refractivity contribution is -0.130. The van der Waals surface area contributed by atoms with Gasteiger partial charge in [0.1, 0.15) is 0 Å². The van der Waals surface area contributed by atoms with Gasteiger partial charge < -0.3 is 4.90 Å². The van der Waals surface area contributed by atoms with Crippen molar-refractivity contribution in [2.24, 2.45) is 0 Å². The Bertz CT molecular complexity index is 907. The molecule has 5 nitrogen and oxygen atoms in total. The second-order valence-electron chi connectivity index (χ2n) is 6.80. The van der Waals surface area contributed by atoms with Crippen LogP contribution in [0.3, 0.4) is 0 Å². The molecule has 0 unspecified atom stereocenters. The summed E-state index contributed by atoms with van der Waals surface area (Å²) >= 11 is 6.04. The lowest BCUT2D eigenvalue weighted by atomic mass is 10.2. The van der Waals surface area contributed by atoms with Gasteiger partial charge in [0.05, 0.1) is 11.4 Å². The molecule has 2 aromatic rings. The summed E-state index contributed by atoms with van der Waals surface area (Å²) < 4.78 is 27.7. The predicted octanol–water partition coefficient (Wildman–Crippen LogP) is 3.46. The van der Waals surface area contributed by atoms with Crippen molar-refractivity contribution in [3.63, 3.8) is 0 Å². The molecule has 1 aliphatic heterocycles. The summed E-state index contributed by atoms with van der Waals surface area (Å²) in [6, 6.07) is 13.7. The number of carbonyl (C=O) groups excluding carboxylic acids is 1. The Kier molecular flexibility index (Phi) is 6.19. The van der Waals surface area contributed by atoms with Crippen molar-refractivity contribution in [3.05, 3.63) is 64.7 Å². The molecule has 0 aliphatic carbocycles. The Labute approximate surface area is 165 Å². The van der Waals surface area contributed by atoms with Gasteiger partial charge in [-0.3, -0.25) is 4.79 Å². The van der Waals surface area contributed by atoms with Gasteiger partial charge in [0.25, 0.3) is 0 Å². The summed E-state index contributed by atoms with van der Waals surface area (Å²) in [4.78, 5) is 14.6. The van der Waals surface area contributed by atoms with Gasteiger partial charge in [-0.1, -0.05) is 41.4 Å². The van der Waals surface area contributed by atoms with Crippen molar-refractivity contribution in [3.8, 4) is 0 Å². The van der Waals surface area contributed by atoms with Gasteiger partial charge in [-0.2, -0.15) is 4.31 Å². The fraction of sp³-hybridized carbons (Fsp3) is 0.350. The number of carbonyl (C=O) groups is 1. The minimum atomic E-state index is -3.81. The summed E-state index contributed by atoms with van der Waals surface area (Å²) in [5.74, 6) is -0.162. The van der Waals surface area contributed by atoms with Crippen molar-refractivity contribution in [2.45, 2.75) is 31.2 Å². The molecule has 0 N–H and O–H groups in total. The molecule has 0 radical (unpaired) electrons. The second kappa shape index (κ2) is 8.42. The van der Waals surface area contributed by atoms with Crippen LogP contribution in [0.4, 0.5) is 0 Å². The molecule has 1 saturated heterocycles. The lowest BCUT2D eigenvalue weighted by Gasteiger charge is -2.25. The smallest absolute Gasteiger partial charge is 0.243 e. The molecule has 0 spiro atoms. The highest BCUT2D eigenvalue weighted by Gasteiger charge is 2.29. The summed E-state index contributed by atoms with van der Waals surface area (Å²) in [6.07, 6.45) is 1.93. The van der Waals surface area contributed by atoms with Gasteiger partial charge in [0, 0.05) is 24.7 Å². The minimum absolute atomic E-state index is 0.0936. The van der Waals surface area contributed by atoms with Gasteiger partial charge in [-0.05, 0) is 49.6 Å². The Morgan fingerprint density at radius 1 is 1.11 bits per heavy atom. The third-order valence-electron chi connectivity index (χ3n) is 4.68. The predicted molar refractivity (Wildman–Crippen MR) is 106 cm³/mol. The number of halogens is 1. The maximum Gasteiger partial charge on any atom is 0.243 e. The highest BCUT2D eigenvalue weighted by molar-refractivity contribution is 7.89. The molecule has 2 aromatic carbocycles. The zero-order valence-electron chi connectivity index (χ0n) is 15.3. The Balaban J connectivity index is 1.90. The quantitative estimate of drug-likeness (QED) is 0.738. The van der Waals surface area contributed by atoms with Gasteiger partial charge in [0.15, 0.2) is 0 Å². The standard InChI is InChI=1S/C20H23ClN2O3S/c1-16-7-9-19(10-8-16)27(25,26)23(14-17-5-4-6-18(21)13-17)15-20(24)22-11-2-3-12-22/h4-10,13H,2-3,11-12,14-15H2,1H3. The summed E-state index contributed by atoms with van der Waals surface area (Å²) in [7, 11) is -3.81. The SMILES string of the molecule is Cc1ccc(S(=O)(=O)N(CC(=O)N2CCCC2)Cc2cccc(Cl)c2)cc1. The van der Waals surface area contributed by atoms with E-state index in [1.54, 1.807) is 47.4 Å². The lowest BCUT2D eigenvalue weighted by Crippen LogP contribution is -2.41. The summed E-state index contributed by atoms with van der Waals surface area (Å²) in [6.45, 7) is 3.19. The van der Waals surface area contributed by atoms with Crippen LogP contribution < -0.4 is 0 Å². The molecule has 1 aliphatic rings. The number of sulfonamides is 1. The van der Waals surface area contributed by atoms with Gasteiger partial charge in [-0.15, -0.1) is 0 Å². The topological polar surface area (TPSA) is 57.7 Å². The molecule has 0 saturated carbocycles. The second-order valence-corrected chi connectivity index (χ2v) is 9.18. The van der Waals surface area contributed by atoms with Crippen LogP contribution in [-0.2, 0) is 21.4 Å². The van der Waals surface area contributed by atoms with Crippen LogP contribution >= 0.6 is 11.6 Å². The van der Waals surface area contributed by atoms with E-state index in [-0.39, 0.29) is 23.9 Å². The number of aryl methyl sites for hydroxylation is 1. The monoisotopic (exact) mass is 406 g/mol. The number of hydrogen-bond donors (Lipinski definition) is 0. The van der Waals surface area contributed by atoms with E-state index >= 15 is 0 Å². The normalized spacial score (nSPS) is 14.7. The van der Waals surface area contributed by atoms with Crippen molar-refractivity contribution in [1.29, 1.82) is 0 Å². The molecule has 0 bridgehead atoms. The summed E-state index contributed by atoms with van der Waals surface area (Å²) in [5, 5.41) is 0.533. The third kappa shape index (κ3) is 4.89. The first-order valence-corrected chi connectivity index (χ1v) is 10.8. The van der Waals surface area contributed by atoms with Gasteiger partial charge in [0.2, 0.25) is 15.9 Å². The van der Waals surface area contributed by atoms with E-state index in [9.17, 15) is 13.2 Å². The molecule has 144 valence electrons. The Morgan fingerprint density at radius 2 is 1.78 bits per heavy atom. The van der Waals surface area contributed by atoms with Crippen molar-refractivity contribution in [1.82, 2.24) is 9.21 Å². The van der Waals surface area contributed by atoms with Crippen LogP contribution in [0.1, 0.15) is 24.0 Å². The highest BCUT2D eigenvalue weighted by atomic mass is 35.5.